The molecule has 2 rings (SSSR count). The van der Waals surface area contributed by atoms with Crippen molar-refractivity contribution in [3.05, 3.63) is 54.1 Å². The molecule has 2 aromatic rings. The Kier molecular flexibility index (Phi) is 15.8. The molecule has 186 valence electrons. The quantitative estimate of drug-likeness (QED) is 0.132. The van der Waals surface area contributed by atoms with Crippen molar-refractivity contribution in [2.45, 2.75) is 143 Å². The van der Waals surface area contributed by atoms with Crippen molar-refractivity contribution in [3.8, 4) is 0 Å². The van der Waals surface area contributed by atoms with Gasteiger partial charge in [0, 0.05) is 6.42 Å². The van der Waals surface area contributed by atoms with Crippen LogP contribution >= 0.6 is 0 Å². The Morgan fingerprint density at radius 1 is 0.606 bits per heavy atom. The van der Waals surface area contributed by atoms with Crippen molar-refractivity contribution in [2.75, 3.05) is 0 Å². The lowest BCUT2D eigenvalue weighted by Gasteiger charge is -2.06. The van der Waals surface area contributed by atoms with E-state index in [1.807, 2.05) is 0 Å². The summed E-state index contributed by atoms with van der Waals surface area (Å²) in [6.07, 6.45) is 30.1. The smallest absolute Gasteiger partial charge is 0.235 e. The maximum atomic E-state index is 2.45. The van der Waals surface area contributed by atoms with Crippen LogP contribution in [0.3, 0.4) is 0 Å². The number of rotatable bonds is 21. The fraction of sp³-hybridized carbons (Fsp3) is 0.710. The largest absolute Gasteiger partial charge is 0.256 e. The van der Waals surface area contributed by atoms with Crippen LogP contribution in [0.5, 0.6) is 0 Å². The van der Waals surface area contributed by atoms with E-state index in [-0.39, 0.29) is 0 Å². The number of hydrogen-bond acceptors (Lipinski definition) is 0. The second kappa shape index (κ2) is 18.8. The average molecular weight is 454 g/mol. The standard InChI is InChI=1S/C31H53N2/c1-3-5-6-7-8-9-10-11-12-13-14-15-16-17-18-19-23-26-31-32(4-2)27-28-33(31)29-30-24-21-20-22-25-30/h20-22,24-25,27-28H,3-19,23,26,29H2,1-2H3/q+1. The molecule has 0 radical (unpaired) electrons. The summed E-state index contributed by atoms with van der Waals surface area (Å²) < 4.78 is 4.88. The van der Waals surface area contributed by atoms with Gasteiger partial charge in [0.25, 0.3) is 5.82 Å². The number of benzene rings is 1. The zero-order chi connectivity index (χ0) is 23.4. The fourth-order valence-corrected chi connectivity index (χ4v) is 5.01. The van der Waals surface area contributed by atoms with E-state index in [0.29, 0.717) is 0 Å². The zero-order valence-electron chi connectivity index (χ0n) is 22.1. The number of hydrogen-bond donors (Lipinski definition) is 0. The molecule has 0 saturated heterocycles. The lowest BCUT2D eigenvalue weighted by atomic mass is 10.0. The number of aromatic nitrogens is 2. The normalized spacial score (nSPS) is 11.3. The Balaban J connectivity index is 1.44. The minimum atomic E-state index is 0.988. The molecule has 2 heteroatoms. The second-order valence-corrected chi connectivity index (χ2v) is 10.0. The van der Waals surface area contributed by atoms with Gasteiger partial charge in [-0.25, -0.2) is 9.13 Å². The minimum Gasteiger partial charge on any atom is -0.235 e. The van der Waals surface area contributed by atoms with Gasteiger partial charge in [0.1, 0.15) is 18.9 Å². The van der Waals surface area contributed by atoms with Crippen LogP contribution in [-0.4, -0.2) is 4.57 Å². The Morgan fingerprint density at radius 3 is 1.58 bits per heavy atom. The molecular weight excluding hydrogens is 400 g/mol. The zero-order valence-corrected chi connectivity index (χ0v) is 22.1. The highest BCUT2D eigenvalue weighted by Crippen LogP contribution is 2.14. The molecule has 0 fully saturated rings. The highest BCUT2D eigenvalue weighted by atomic mass is 15.1. The van der Waals surface area contributed by atoms with Gasteiger partial charge >= 0.3 is 0 Å². The molecule has 2 nitrogen and oxygen atoms in total. The third-order valence-corrected chi connectivity index (χ3v) is 7.13. The predicted octanol–water partition coefficient (Wildman–Crippen LogP) is 9.04. The van der Waals surface area contributed by atoms with Gasteiger partial charge in [0.15, 0.2) is 0 Å². The van der Waals surface area contributed by atoms with E-state index < -0.39 is 0 Å². The van der Waals surface area contributed by atoms with Gasteiger partial charge in [0.2, 0.25) is 0 Å². The van der Waals surface area contributed by atoms with Crippen LogP contribution in [0.1, 0.15) is 134 Å². The molecule has 0 amide bonds. The third-order valence-electron chi connectivity index (χ3n) is 7.13. The van der Waals surface area contributed by atoms with Crippen molar-refractivity contribution >= 4 is 0 Å². The van der Waals surface area contributed by atoms with Crippen LogP contribution in [0, 0.1) is 0 Å². The van der Waals surface area contributed by atoms with Crippen molar-refractivity contribution in [1.82, 2.24) is 4.57 Å². The van der Waals surface area contributed by atoms with E-state index in [9.17, 15) is 0 Å². The maximum absolute atomic E-state index is 2.45. The van der Waals surface area contributed by atoms with E-state index in [2.05, 4.69) is 65.7 Å². The lowest BCUT2D eigenvalue weighted by Crippen LogP contribution is -2.37. The fourth-order valence-electron chi connectivity index (χ4n) is 5.01. The first-order valence-corrected chi connectivity index (χ1v) is 14.5. The van der Waals surface area contributed by atoms with Gasteiger partial charge in [-0.1, -0.05) is 140 Å². The second-order valence-electron chi connectivity index (χ2n) is 10.0. The molecule has 0 bridgehead atoms. The summed E-state index contributed by atoms with van der Waals surface area (Å²) in [5.41, 5.74) is 1.39. The molecule has 33 heavy (non-hydrogen) atoms. The Hall–Kier alpha value is -1.57. The summed E-state index contributed by atoms with van der Waals surface area (Å²) in [7, 11) is 0. The predicted molar refractivity (Wildman–Crippen MR) is 144 cm³/mol. The van der Waals surface area contributed by atoms with Crippen LogP contribution in [-0.2, 0) is 19.5 Å². The molecule has 1 aromatic carbocycles. The molecular formula is C31H53N2+. The maximum Gasteiger partial charge on any atom is 0.256 e. The van der Waals surface area contributed by atoms with Crippen LogP contribution in [0.2, 0.25) is 0 Å². The summed E-state index contributed by atoms with van der Waals surface area (Å²) >= 11 is 0. The topological polar surface area (TPSA) is 8.81 Å². The molecule has 0 aliphatic carbocycles. The van der Waals surface area contributed by atoms with Crippen LogP contribution in [0.4, 0.5) is 0 Å². The Morgan fingerprint density at radius 2 is 1.09 bits per heavy atom. The molecule has 1 heterocycles. The third kappa shape index (κ3) is 12.5. The van der Waals surface area contributed by atoms with Crippen molar-refractivity contribution in [1.29, 1.82) is 0 Å². The molecule has 0 unspecified atom stereocenters. The summed E-state index contributed by atoms with van der Waals surface area (Å²) in [6.45, 7) is 6.61. The molecule has 0 aliphatic rings. The van der Waals surface area contributed by atoms with E-state index in [0.717, 1.165) is 13.1 Å². The van der Waals surface area contributed by atoms with E-state index >= 15 is 0 Å². The Bertz CT molecular complexity index is 688. The van der Waals surface area contributed by atoms with Crippen LogP contribution in [0.15, 0.2) is 42.7 Å². The molecule has 1 aromatic heterocycles. The molecule has 0 saturated carbocycles. The molecule has 0 spiro atoms. The monoisotopic (exact) mass is 453 g/mol. The summed E-state index contributed by atoms with van der Waals surface area (Å²) in [5, 5.41) is 0. The first-order valence-electron chi connectivity index (χ1n) is 14.5. The summed E-state index contributed by atoms with van der Waals surface area (Å²) in [4.78, 5) is 0. The van der Waals surface area contributed by atoms with Gasteiger partial charge < -0.3 is 0 Å². The van der Waals surface area contributed by atoms with E-state index in [1.54, 1.807) is 0 Å². The van der Waals surface area contributed by atoms with Crippen molar-refractivity contribution in [2.24, 2.45) is 0 Å². The van der Waals surface area contributed by atoms with E-state index in [1.165, 1.54) is 127 Å². The van der Waals surface area contributed by atoms with Gasteiger partial charge in [-0.2, -0.15) is 0 Å². The lowest BCUT2D eigenvalue weighted by molar-refractivity contribution is -0.695. The highest BCUT2D eigenvalue weighted by Gasteiger charge is 2.15. The average Bonchev–Trinajstić information content (AvgIpc) is 3.23. The minimum absolute atomic E-state index is 0.988. The van der Waals surface area contributed by atoms with Crippen LogP contribution < -0.4 is 4.57 Å². The first kappa shape index (κ1) is 27.7. The number of aryl methyl sites for hydroxylation is 1. The van der Waals surface area contributed by atoms with Crippen LogP contribution in [0.25, 0.3) is 0 Å². The number of unbranched alkanes of at least 4 members (excludes halogenated alkanes) is 16. The van der Waals surface area contributed by atoms with Crippen molar-refractivity contribution in [3.63, 3.8) is 0 Å². The summed E-state index contributed by atoms with van der Waals surface area (Å²) in [5.74, 6) is 1.49. The highest BCUT2D eigenvalue weighted by molar-refractivity contribution is 5.13. The van der Waals surface area contributed by atoms with Gasteiger partial charge in [-0.05, 0) is 18.9 Å². The first-order chi connectivity index (χ1) is 16.3. The number of imidazole rings is 1. The van der Waals surface area contributed by atoms with E-state index in [4.69, 9.17) is 0 Å². The summed E-state index contributed by atoms with van der Waals surface area (Å²) in [6, 6.07) is 10.8. The van der Waals surface area contributed by atoms with Gasteiger partial charge in [0.05, 0.1) is 6.54 Å². The molecule has 0 N–H and O–H groups in total. The van der Waals surface area contributed by atoms with Gasteiger partial charge in [-0.15, -0.1) is 0 Å². The molecule has 0 atom stereocenters. The van der Waals surface area contributed by atoms with Gasteiger partial charge in [-0.3, -0.25) is 0 Å². The molecule has 0 aliphatic heterocycles. The van der Waals surface area contributed by atoms with Crippen molar-refractivity contribution < 1.29 is 4.57 Å². The number of nitrogens with zero attached hydrogens (tertiary/aromatic N) is 2. The Labute approximate surface area is 205 Å². The SMILES string of the molecule is CCCCCCCCCCCCCCCCCCCc1n(CC)cc[n+]1Cc1ccccc1.